The minimum atomic E-state index is -3.42. The van der Waals surface area contributed by atoms with Crippen molar-refractivity contribution in [3.63, 3.8) is 0 Å². The highest BCUT2D eigenvalue weighted by Crippen LogP contribution is 2.55. The second-order valence-electron chi connectivity index (χ2n) is 8.36. The molecular weight excluding hydrogens is 384 g/mol. The molecule has 2 aliphatic heterocycles. The van der Waals surface area contributed by atoms with E-state index in [2.05, 4.69) is 29.2 Å². The van der Waals surface area contributed by atoms with Gasteiger partial charge in [-0.3, -0.25) is 4.90 Å². The fourth-order valence-electron chi connectivity index (χ4n) is 4.94. The Balaban J connectivity index is 1.50. The number of likely N-dealkylation sites (tertiary alicyclic amines) is 1. The lowest BCUT2D eigenvalue weighted by atomic mass is 9.63. The van der Waals surface area contributed by atoms with E-state index in [1.54, 1.807) is 23.5 Å². The van der Waals surface area contributed by atoms with E-state index in [0.717, 1.165) is 31.5 Å². The molecule has 1 spiro atoms. The third kappa shape index (κ3) is 3.87. The van der Waals surface area contributed by atoms with Crippen molar-refractivity contribution >= 4 is 10.0 Å². The van der Waals surface area contributed by atoms with Gasteiger partial charge in [0, 0.05) is 44.7 Å². The molecule has 2 aromatic carbocycles. The van der Waals surface area contributed by atoms with Crippen molar-refractivity contribution < 1.29 is 13.2 Å². The molecule has 2 aromatic rings. The Bertz CT molecular complexity index is 920. The van der Waals surface area contributed by atoms with Crippen LogP contribution in [0.1, 0.15) is 30.0 Å². The highest BCUT2D eigenvalue weighted by atomic mass is 32.2. The molecule has 2 saturated heterocycles. The van der Waals surface area contributed by atoms with Crippen LogP contribution < -0.4 is 0 Å². The van der Waals surface area contributed by atoms with Gasteiger partial charge in [-0.25, -0.2) is 8.42 Å². The number of nitrogens with zero attached hydrogens (tertiary/aromatic N) is 2. The van der Waals surface area contributed by atoms with Crippen LogP contribution in [0.2, 0.25) is 0 Å². The van der Waals surface area contributed by atoms with E-state index in [1.807, 2.05) is 25.1 Å². The first-order valence-electron chi connectivity index (χ1n) is 10.3. The molecule has 0 aliphatic carbocycles. The Morgan fingerprint density at radius 3 is 2.31 bits per heavy atom. The molecule has 4 rings (SSSR count). The van der Waals surface area contributed by atoms with E-state index in [4.69, 9.17) is 4.74 Å². The molecule has 1 unspecified atom stereocenters. The molecule has 2 fully saturated rings. The molecule has 5 nitrogen and oxygen atoms in total. The van der Waals surface area contributed by atoms with Crippen molar-refractivity contribution in [2.24, 2.45) is 5.41 Å². The summed E-state index contributed by atoms with van der Waals surface area (Å²) in [6, 6.07) is 18.1. The van der Waals surface area contributed by atoms with Crippen molar-refractivity contribution in [2.45, 2.75) is 30.7 Å². The second kappa shape index (κ2) is 8.19. The van der Waals surface area contributed by atoms with Gasteiger partial charge in [0.1, 0.15) is 0 Å². The molecule has 0 amide bonds. The number of sulfonamides is 1. The normalized spacial score (nSPS) is 22.5. The SMILES string of the molecule is COCCN1CC2(CCN(S(=O)(=O)c3ccc(C)cc3)CC2)C1c1ccccc1. The van der Waals surface area contributed by atoms with Gasteiger partial charge < -0.3 is 4.74 Å². The molecule has 2 heterocycles. The number of piperidine rings is 1. The van der Waals surface area contributed by atoms with Crippen molar-refractivity contribution in [3.8, 4) is 0 Å². The molecule has 0 saturated carbocycles. The molecule has 6 heteroatoms. The van der Waals surface area contributed by atoms with Gasteiger partial charge in [0.2, 0.25) is 10.0 Å². The summed E-state index contributed by atoms with van der Waals surface area (Å²) in [4.78, 5) is 2.87. The first-order valence-corrected chi connectivity index (χ1v) is 11.8. The van der Waals surface area contributed by atoms with E-state index in [1.165, 1.54) is 5.56 Å². The Labute approximate surface area is 174 Å². The number of benzene rings is 2. The van der Waals surface area contributed by atoms with Crippen LogP contribution in [-0.4, -0.2) is 57.5 Å². The summed E-state index contributed by atoms with van der Waals surface area (Å²) >= 11 is 0. The van der Waals surface area contributed by atoms with Gasteiger partial charge in [-0.2, -0.15) is 4.31 Å². The fraction of sp³-hybridized carbons (Fsp3) is 0.478. The predicted octanol–water partition coefficient (Wildman–Crippen LogP) is 3.47. The molecular formula is C23H30N2O3S. The minimum absolute atomic E-state index is 0.147. The molecule has 1 atom stereocenters. The number of hydrogen-bond acceptors (Lipinski definition) is 4. The maximum absolute atomic E-state index is 13.1. The zero-order valence-electron chi connectivity index (χ0n) is 17.3. The quantitative estimate of drug-likeness (QED) is 0.726. The highest BCUT2D eigenvalue weighted by molar-refractivity contribution is 7.89. The topological polar surface area (TPSA) is 49.9 Å². The lowest BCUT2D eigenvalue weighted by molar-refractivity contribution is -0.110. The largest absolute Gasteiger partial charge is 0.383 e. The summed E-state index contributed by atoms with van der Waals surface area (Å²) in [5.74, 6) is 0. The maximum Gasteiger partial charge on any atom is 0.243 e. The van der Waals surface area contributed by atoms with Crippen molar-refractivity contribution in [1.29, 1.82) is 0 Å². The van der Waals surface area contributed by atoms with E-state index in [0.29, 0.717) is 30.6 Å². The third-order valence-electron chi connectivity index (χ3n) is 6.54. The predicted molar refractivity (Wildman–Crippen MR) is 114 cm³/mol. The van der Waals surface area contributed by atoms with Crippen molar-refractivity contribution in [2.75, 3.05) is 39.9 Å². The number of hydrogen-bond donors (Lipinski definition) is 0. The molecule has 0 N–H and O–H groups in total. The average Bonchev–Trinajstić information content (AvgIpc) is 2.72. The Hall–Kier alpha value is -1.73. The zero-order valence-corrected chi connectivity index (χ0v) is 18.1. The molecule has 0 radical (unpaired) electrons. The Kier molecular flexibility index (Phi) is 5.80. The smallest absolute Gasteiger partial charge is 0.243 e. The van der Waals surface area contributed by atoms with E-state index < -0.39 is 10.0 Å². The first-order chi connectivity index (χ1) is 14.0. The third-order valence-corrected chi connectivity index (χ3v) is 8.45. The molecule has 156 valence electrons. The van der Waals surface area contributed by atoms with Crippen molar-refractivity contribution in [3.05, 3.63) is 65.7 Å². The molecule has 0 bridgehead atoms. The standard InChI is InChI=1S/C23H30N2O3S/c1-19-8-10-21(11-9-19)29(26,27)25-14-12-23(13-15-25)18-24(16-17-28-2)22(23)20-6-4-3-5-7-20/h3-11,22H,12-18H2,1-2H3. The van der Waals surface area contributed by atoms with Gasteiger partial charge >= 0.3 is 0 Å². The monoisotopic (exact) mass is 414 g/mol. The van der Waals surface area contributed by atoms with Crippen LogP contribution in [0.3, 0.4) is 0 Å². The van der Waals surface area contributed by atoms with Gasteiger partial charge in [0.05, 0.1) is 11.5 Å². The van der Waals surface area contributed by atoms with Gasteiger partial charge in [-0.15, -0.1) is 0 Å². The van der Waals surface area contributed by atoms with Crippen LogP contribution in [0.15, 0.2) is 59.5 Å². The van der Waals surface area contributed by atoms with E-state index in [9.17, 15) is 8.42 Å². The zero-order chi connectivity index (χ0) is 20.5. The van der Waals surface area contributed by atoms with Gasteiger partial charge in [0.25, 0.3) is 0 Å². The molecule has 29 heavy (non-hydrogen) atoms. The summed E-state index contributed by atoms with van der Waals surface area (Å²) in [7, 11) is -1.69. The van der Waals surface area contributed by atoms with Crippen LogP contribution in [0.25, 0.3) is 0 Å². The maximum atomic E-state index is 13.1. The van der Waals surface area contributed by atoms with Crippen LogP contribution >= 0.6 is 0 Å². The lowest BCUT2D eigenvalue weighted by Gasteiger charge is -2.60. The average molecular weight is 415 g/mol. The molecule has 0 aromatic heterocycles. The number of aryl methyl sites for hydroxylation is 1. The molecule has 2 aliphatic rings. The summed E-state index contributed by atoms with van der Waals surface area (Å²) in [5, 5.41) is 0. The Morgan fingerprint density at radius 1 is 1.03 bits per heavy atom. The summed E-state index contributed by atoms with van der Waals surface area (Å²) in [6.45, 7) is 5.76. The minimum Gasteiger partial charge on any atom is -0.383 e. The summed E-state index contributed by atoms with van der Waals surface area (Å²) < 4.78 is 33.1. The number of rotatable bonds is 6. The van der Waals surface area contributed by atoms with Crippen LogP contribution in [0.5, 0.6) is 0 Å². The van der Waals surface area contributed by atoms with Gasteiger partial charge in [-0.05, 0) is 37.5 Å². The lowest BCUT2D eigenvalue weighted by Crippen LogP contribution is -2.62. The Morgan fingerprint density at radius 2 is 1.69 bits per heavy atom. The summed E-state index contributed by atoms with van der Waals surface area (Å²) in [5.41, 5.74) is 2.54. The van der Waals surface area contributed by atoms with Crippen LogP contribution in [0.4, 0.5) is 0 Å². The summed E-state index contributed by atoms with van der Waals surface area (Å²) in [6.07, 6.45) is 1.78. The first kappa shape index (κ1) is 20.5. The van der Waals surface area contributed by atoms with E-state index >= 15 is 0 Å². The number of methoxy groups -OCH3 is 1. The highest BCUT2D eigenvalue weighted by Gasteiger charge is 2.54. The fourth-order valence-corrected chi connectivity index (χ4v) is 6.38. The van der Waals surface area contributed by atoms with Crippen LogP contribution in [0, 0.1) is 12.3 Å². The second-order valence-corrected chi connectivity index (χ2v) is 10.3. The van der Waals surface area contributed by atoms with Crippen molar-refractivity contribution in [1.82, 2.24) is 9.21 Å². The van der Waals surface area contributed by atoms with Gasteiger partial charge in [-0.1, -0.05) is 48.0 Å². The van der Waals surface area contributed by atoms with Gasteiger partial charge in [0.15, 0.2) is 0 Å². The van der Waals surface area contributed by atoms with Crippen LogP contribution in [-0.2, 0) is 14.8 Å². The van der Waals surface area contributed by atoms with E-state index in [-0.39, 0.29) is 5.41 Å². The number of ether oxygens (including phenoxy) is 1.